The van der Waals surface area contributed by atoms with Crippen LogP contribution >= 0.6 is 0 Å². The number of aromatic nitrogens is 1. The Balaban J connectivity index is 2.29. The van der Waals surface area contributed by atoms with Gasteiger partial charge in [0.1, 0.15) is 11.5 Å². The largest absolute Gasteiger partial charge is 0.497 e. The first-order chi connectivity index (χ1) is 10.3. The van der Waals surface area contributed by atoms with Crippen molar-refractivity contribution in [2.45, 2.75) is 19.4 Å². The van der Waals surface area contributed by atoms with E-state index < -0.39 is 0 Å². The maximum absolute atomic E-state index is 5.51. The van der Waals surface area contributed by atoms with Crippen molar-refractivity contribution in [3.63, 3.8) is 0 Å². The first-order valence-electron chi connectivity index (χ1n) is 7.13. The van der Waals surface area contributed by atoms with Crippen LogP contribution in [0.3, 0.4) is 0 Å². The maximum atomic E-state index is 5.51. The molecule has 2 rings (SSSR count). The minimum absolute atomic E-state index is 0.158. The highest BCUT2D eigenvalue weighted by molar-refractivity contribution is 5.43. The van der Waals surface area contributed by atoms with E-state index in [1.165, 1.54) is 0 Å². The molecule has 0 aliphatic carbocycles. The molecule has 1 unspecified atom stereocenters. The highest BCUT2D eigenvalue weighted by Gasteiger charge is 2.17. The van der Waals surface area contributed by atoms with Crippen LogP contribution in [0.4, 0.5) is 0 Å². The molecule has 21 heavy (non-hydrogen) atoms. The molecule has 4 heteroatoms. The zero-order chi connectivity index (χ0) is 15.1. The van der Waals surface area contributed by atoms with Crippen LogP contribution in [0.15, 0.2) is 42.6 Å². The summed E-state index contributed by atoms with van der Waals surface area (Å²) >= 11 is 0. The lowest BCUT2D eigenvalue weighted by Crippen LogP contribution is -2.23. The predicted octanol–water partition coefficient (Wildman–Crippen LogP) is 2.99. The lowest BCUT2D eigenvalue weighted by atomic mass is 10.00. The first-order valence-corrected chi connectivity index (χ1v) is 7.13. The second kappa shape index (κ2) is 7.64. The van der Waals surface area contributed by atoms with Crippen LogP contribution in [0.25, 0.3) is 0 Å². The average molecular weight is 286 g/mol. The zero-order valence-corrected chi connectivity index (χ0v) is 12.8. The van der Waals surface area contributed by atoms with Crippen molar-refractivity contribution in [2.24, 2.45) is 0 Å². The molecule has 2 aromatic rings. The minimum Gasteiger partial charge on any atom is -0.497 e. The third-order valence-corrected chi connectivity index (χ3v) is 3.41. The molecule has 0 bridgehead atoms. The molecular weight excluding hydrogens is 264 g/mol. The van der Waals surface area contributed by atoms with E-state index in [2.05, 4.69) is 17.2 Å². The van der Waals surface area contributed by atoms with E-state index >= 15 is 0 Å². The number of benzene rings is 1. The summed E-state index contributed by atoms with van der Waals surface area (Å²) in [5.41, 5.74) is 2.17. The van der Waals surface area contributed by atoms with Crippen molar-refractivity contribution < 1.29 is 9.47 Å². The summed E-state index contributed by atoms with van der Waals surface area (Å²) in [7, 11) is 3.34. The highest BCUT2D eigenvalue weighted by atomic mass is 16.5. The van der Waals surface area contributed by atoms with Gasteiger partial charge in [-0.3, -0.25) is 4.98 Å². The zero-order valence-electron chi connectivity index (χ0n) is 12.8. The van der Waals surface area contributed by atoms with Gasteiger partial charge >= 0.3 is 0 Å². The molecule has 1 aromatic carbocycles. The third-order valence-electron chi connectivity index (χ3n) is 3.41. The normalized spacial score (nSPS) is 12.0. The first kappa shape index (κ1) is 15.3. The van der Waals surface area contributed by atoms with E-state index in [1.807, 2.05) is 42.6 Å². The van der Waals surface area contributed by atoms with Crippen molar-refractivity contribution in [2.75, 3.05) is 20.8 Å². The number of nitrogens with one attached hydrogen (secondary N) is 1. The molecule has 0 saturated heterocycles. The fraction of sp³-hybridized carbons (Fsp3) is 0.353. The molecule has 0 spiro atoms. The summed E-state index contributed by atoms with van der Waals surface area (Å²) in [4.78, 5) is 4.41. The summed E-state index contributed by atoms with van der Waals surface area (Å²) in [5, 5.41) is 3.50. The Kier molecular flexibility index (Phi) is 5.58. The molecule has 4 nitrogen and oxygen atoms in total. The van der Waals surface area contributed by atoms with E-state index in [-0.39, 0.29) is 6.04 Å². The summed E-state index contributed by atoms with van der Waals surface area (Å²) in [6.07, 6.45) is 2.64. The van der Waals surface area contributed by atoms with E-state index in [4.69, 9.17) is 9.47 Å². The number of likely N-dealkylation sites (N-methyl/N-ethyl adjacent to an activating group) is 1. The van der Waals surface area contributed by atoms with Gasteiger partial charge in [-0.25, -0.2) is 0 Å². The molecule has 1 N–H and O–H groups in total. The summed E-state index contributed by atoms with van der Waals surface area (Å²) < 4.78 is 10.8. The van der Waals surface area contributed by atoms with Gasteiger partial charge in [-0.05, 0) is 24.7 Å². The number of nitrogens with zero attached hydrogens (tertiary/aromatic N) is 1. The topological polar surface area (TPSA) is 43.4 Å². The molecule has 0 amide bonds. The smallest absolute Gasteiger partial charge is 0.127 e. The van der Waals surface area contributed by atoms with Crippen molar-refractivity contribution in [1.82, 2.24) is 10.3 Å². The fourth-order valence-corrected chi connectivity index (χ4v) is 2.37. The number of hydrogen-bond acceptors (Lipinski definition) is 4. The van der Waals surface area contributed by atoms with Crippen LogP contribution in [0.5, 0.6) is 11.5 Å². The summed E-state index contributed by atoms with van der Waals surface area (Å²) in [5.74, 6) is 1.62. The maximum Gasteiger partial charge on any atom is 0.127 e. The molecule has 0 aliphatic rings. The van der Waals surface area contributed by atoms with Gasteiger partial charge in [0.2, 0.25) is 0 Å². The van der Waals surface area contributed by atoms with Gasteiger partial charge < -0.3 is 14.8 Å². The lowest BCUT2D eigenvalue weighted by molar-refractivity contribution is 0.384. The van der Waals surface area contributed by atoms with Crippen LogP contribution in [0.2, 0.25) is 0 Å². The number of hydrogen-bond donors (Lipinski definition) is 1. The van der Waals surface area contributed by atoms with Crippen LogP contribution in [-0.4, -0.2) is 25.7 Å². The van der Waals surface area contributed by atoms with Gasteiger partial charge in [-0.15, -0.1) is 0 Å². The summed E-state index contributed by atoms with van der Waals surface area (Å²) in [6, 6.07) is 12.1. The molecule has 0 saturated carbocycles. The Morgan fingerprint density at radius 2 is 2.00 bits per heavy atom. The van der Waals surface area contributed by atoms with Crippen LogP contribution in [-0.2, 0) is 6.42 Å². The second-order valence-electron chi connectivity index (χ2n) is 4.74. The van der Waals surface area contributed by atoms with Gasteiger partial charge in [0.05, 0.1) is 14.2 Å². The molecule has 112 valence electrons. The SMILES string of the molecule is CCNC(Cc1ccccn1)c1ccc(OC)cc1OC. The van der Waals surface area contributed by atoms with Gasteiger partial charge in [-0.2, -0.15) is 0 Å². The molecule has 1 atom stereocenters. The fourth-order valence-electron chi connectivity index (χ4n) is 2.37. The van der Waals surface area contributed by atoms with E-state index in [1.54, 1.807) is 14.2 Å². The number of pyridine rings is 1. The summed E-state index contributed by atoms with van der Waals surface area (Å²) in [6.45, 7) is 2.98. The van der Waals surface area contributed by atoms with E-state index in [0.29, 0.717) is 0 Å². The van der Waals surface area contributed by atoms with E-state index in [9.17, 15) is 0 Å². The van der Waals surface area contributed by atoms with Crippen LogP contribution in [0.1, 0.15) is 24.2 Å². The van der Waals surface area contributed by atoms with Crippen molar-refractivity contribution in [1.29, 1.82) is 0 Å². The Morgan fingerprint density at radius 1 is 1.14 bits per heavy atom. The molecule has 1 aromatic heterocycles. The van der Waals surface area contributed by atoms with E-state index in [0.717, 1.165) is 35.7 Å². The quantitative estimate of drug-likeness (QED) is 0.849. The van der Waals surface area contributed by atoms with Crippen molar-refractivity contribution in [3.8, 4) is 11.5 Å². The standard InChI is InChI=1S/C17H22N2O2/c1-4-18-16(11-13-7-5-6-10-19-13)15-9-8-14(20-2)12-17(15)21-3/h5-10,12,16,18H,4,11H2,1-3H3. The monoisotopic (exact) mass is 286 g/mol. The van der Waals surface area contributed by atoms with Crippen LogP contribution < -0.4 is 14.8 Å². The van der Waals surface area contributed by atoms with Gasteiger partial charge in [0.25, 0.3) is 0 Å². The molecular formula is C17H22N2O2. The van der Waals surface area contributed by atoms with Gasteiger partial charge in [0.15, 0.2) is 0 Å². The Bertz CT molecular complexity index is 558. The second-order valence-corrected chi connectivity index (χ2v) is 4.74. The Labute approximate surface area is 126 Å². The molecule has 0 radical (unpaired) electrons. The predicted molar refractivity (Wildman–Crippen MR) is 83.9 cm³/mol. The number of methoxy groups -OCH3 is 2. The average Bonchev–Trinajstić information content (AvgIpc) is 2.55. The highest BCUT2D eigenvalue weighted by Crippen LogP contribution is 2.31. The number of ether oxygens (including phenoxy) is 2. The minimum atomic E-state index is 0.158. The van der Waals surface area contributed by atoms with Crippen molar-refractivity contribution >= 4 is 0 Å². The number of rotatable bonds is 7. The van der Waals surface area contributed by atoms with Gasteiger partial charge in [0, 0.05) is 36.0 Å². The molecule has 0 aliphatic heterocycles. The Morgan fingerprint density at radius 3 is 2.62 bits per heavy atom. The van der Waals surface area contributed by atoms with Crippen molar-refractivity contribution in [3.05, 3.63) is 53.9 Å². The third kappa shape index (κ3) is 3.95. The molecule has 1 heterocycles. The van der Waals surface area contributed by atoms with Crippen LogP contribution in [0, 0.1) is 0 Å². The molecule has 0 fully saturated rings. The lowest BCUT2D eigenvalue weighted by Gasteiger charge is -2.21. The Hall–Kier alpha value is -2.07. The van der Waals surface area contributed by atoms with Gasteiger partial charge in [-0.1, -0.05) is 19.1 Å².